The maximum Gasteiger partial charge on any atom is 0.132 e. The van der Waals surface area contributed by atoms with Crippen LogP contribution in [0.5, 0.6) is 0 Å². The van der Waals surface area contributed by atoms with Crippen LogP contribution >= 0.6 is 11.6 Å². The number of fused-ring (bicyclic) bond motifs is 1. The standard InChI is InChI=1S/C15H15ClN2O/c1-10-6-12(7-17-15(10)16)18-14-9-19-8-11-4-2-3-5-13(11)14/h2-7,14,18H,8-9H2,1H3. The fraction of sp³-hybridized carbons (Fsp3) is 0.267. The summed E-state index contributed by atoms with van der Waals surface area (Å²) in [7, 11) is 0. The van der Waals surface area contributed by atoms with Crippen molar-refractivity contribution < 1.29 is 4.74 Å². The van der Waals surface area contributed by atoms with Crippen molar-refractivity contribution in [3.8, 4) is 0 Å². The van der Waals surface area contributed by atoms with Crippen LogP contribution in [0, 0.1) is 6.92 Å². The number of ether oxygens (including phenoxy) is 1. The summed E-state index contributed by atoms with van der Waals surface area (Å²) < 4.78 is 5.63. The van der Waals surface area contributed by atoms with Crippen LogP contribution in [0.25, 0.3) is 0 Å². The van der Waals surface area contributed by atoms with Gasteiger partial charge < -0.3 is 10.1 Å². The number of benzene rings is 1. The minimum atomic E-state index is 0.160. The van der Waals surface area contributed by atoms with Crippen LogP contribution in [-0.4, -0.2) is 11.6 Å². The van der Waals surface area contributed by atoms with Crippen LogP contribution in [0.2, 0.25) is 5.15 Å². The van der Waals surface area contributed by atoms with Crippen molar-refractivity contribution in [1.29, 1.82) is 0 Å². The molecule has 0 bridgehead atoms. The molecular formula is C15H15ClN2O. The summed E-state index contributed by atoms with van der Waals surface area (Å²) in [5.74, 6) is 0. The molecule has 0 spiro atoms. The molecule has 98 valence electrons. The van der Waals surface area contributed by atoms with E-state index in [1.807, 2.05) is 19.1 Å². The minimum Gasteiger partial charge on any atom is -0.375 e. The Balaban J connectivity index is 1.86. The van der Waals surface area contributed by atoms with E-state index in [9.17, 15) is 0 Å². The van der Waals surface area contributed by atoms with Crippen LogP contribution in [0.3, 0.4) is 0 Å². The van der Waals surface area contributed by atoms with Crippen LogP contribution in [0.1, 0.15) is 22.7 Å². The molecule has 0 amide bonds. The quantitative estimate of drug-likeness (QED) is 0.848. The van der Waals surface area contributed by atoms with Gasteiger partial charge in [0, 0.05) is 0 Å². The van der Waals surface area contributed by atoms with E-state index in [4.69, 9.17) is 16.3 Å². The van der Waals surface area contributed by atoms with E-state index in [0.29, 0.717) is 18.4 Å². The maximum atomic E-state index is 5.94. The predicted molar refractivity (Wildman–Crippen MR) is 76.4 cm³/mol. The van der Waals surface area contributed by atoms with Crippen molar-refractivity contribution in [1.82, 2.24) is 4.98 Å². The molecular weight excluding hydrogens is 260 g/mol. The van der Waals surface area contributed by atoms with Crippen molar-refractivity contribution in [2.75, 3.05) is 11.9 Å². The average molecular weight is 275 g/mol. The maximum absolute atomic E-state index is 5.94. The number of aryl methyl sites for hydroxylation is 1. The fourth-order valence-corrected chi connectivity index (χ4v) is 2.44. The first-order valence-electron chi connectivity index (χ1n) is 6.28. The Bertz CT molecular complexity index is 600. The third-order valence-corrected chi connectivity index (χ3v) is 3.72. The fourth-order valence-electron chi connectivity index (χ4n) is 2.34. The SMILES string of the molecule is Cc1cc(NC2COCc3ccccc32)cnc1Cl. The molecule has 2 aromatic rings. The van der Waals surface area contributed by atoms with Gasteiger partial charge in [-0.15, -0.1) is 0 Å². The molecule has 1 aliphatic rings. The van der Waals surface area contributed by atoms with Crippen molar-refractivity contribution in [3.05, 3.63) is 58.4 Å². The zero-order valence-corrected chi connectivity index (χ0v) is 11.4. The zero-order chi connectivity index (χ0) is 13.2. The van der Waals surface area contributed by atoms with Gasteiger partial charge in [-0.1, -0.05) is 35.9 Å². The summed E-state index contributed by atoms with van der Waals surface area (Å²) in [6.07, 6.45) is 1.76. The largest absolute Gasteiger partial charge is 0.375 e. The molecule has 1 atom stereocenters. The molecule has 2 heterocycles. The number of rotatable bonds is 2. The molecule has 1 N–H and O–H groups in total. The van der Waals surface area contributed by atoms with Crippen LogP contribution in [0.4, 0.5) is 5.69 Å². The van der Waals surface area contributed by atoms with Crippen molar-refractivity contribution >= 4 is 17.3 Å². The summed E-state index contributed by atoms with van der Waals surface area (Å²) in [5, 5.41) is 4.01. The van der Waals surface area contributed by atoms with Crippen molar-refractivity contribution in [3.63, 3.8) is 0 Å². The van der Waals surface area contributed by atoms with E-state index in [2.05, 4.69) is 28.5 Å². The number of nitrogens with zero attached hydrogens (tertiary/aromatic N) is 1. The summed E-state index contributed by atoms with van der Waals surface area (Å²) in [4.78, 5) is 4.16. The van der Waals surface area contributed by atoms with E-state index in [-0.39, 0.29) is 6.04 Å². The highest BCUT2D eigenvalue weighted by atomic mass is 35.5. The van der Waals surface area contributed by atoms with Gasteiger partial charge in [-0.3, -0.25) is 0 Å². The lowest BCUT2D eigenvalue weighted by molar-refractivity contribution is 0.0970. The number of nitrogens with one attached hydrogen (secondary N) is 1. The van der Waals surface area contributed by atoms with E-state index in [0.717, 1.165) is 11.3 Å². The number of anilines is 1. The second kappa shape index (κ2) is 5.19. The Labute approximate surface area is 117 Å². The van der Waals surface area contributed by atoms with Gasteiger partial charge in [0.2, 0.25) is 0 Å². The smallest absolute Gasteiger partial charge is 0.132 e. The zero-order valence-electron chi connectivity index (χ0n) is 10.7. The van der Waals surface area contributed by atoms with E-state index in [1.54, 1.807) is 6.20 Å². The molecule has 0 fully saturated rings. The van der Waals surface area contributed by atoms with E-state index < -0.39 is 0 Å². The van der Waals surface area contributed by atoms with Crippen LogP contribution in [0.15, 0.2) is 36.5 Å². The Morgan fingerprint density at radius 2 is 2.21 bits per heavy atom. The Kier molecular flexibility index (Phi) is 3.40. The second-order valence-electron chi connectivity index (χ2n) is 4.74. The molecule has 1 unspecified atom stereocenters. The monoisotopic (exact) mass is 274 g/mol. The third kappa shape index (κ3) is 2.57. The summed E-state index contributed by atoms with van der Waals surface area (Å²) >= 11 is 5.94. The topological polar surface area (TPSA) is 34.1 Å². The number of aromatic nitrogens is 1. The Morgan fingerprint density at radius 1 is 1.37 bits per heavy atom. The van der Waals surface area contributed by atoms with Gasteiger partial charge >= 0.3 is 0 Å². The first-order valence-corrected chi connectivity index (χ1v) is 6.66. The summed E-state index contributed by atoms with van der Waals surface area (Å²) in [6.45, 7) is 3.30. The first-order chi connectivity index (χ1) is 9.24. The number of hydrogen-bond acceptors (Lipinski definition) is 3. The van der Waals surface area contributed by atoms with Crippen molar-refractivity contribution in [2.45, 2.75) is 19.6 Å². The van der Waals surface area contributed by atoms with Gasteiger partial charge in [-0.25, -0.2) is 4.98 Å². The van der Waals surface area contributed by atoms with Gasteiger partial charge in [0.05, 0.1) is 31.1 Å². The molecule has 0 saturated heterocycles. The molecule has 1 aromatic carbocycles. The molecule has 0 saturated carbocycles. The third-order valence-electron chi connectivity index (χ3n) is 3.33. The molecule has 19 heavy (non-hydrogen) atoms. The number of halogens is 1. The highest BCUT2D eigenvalue weighted by Gasteiger charge is 2.20. The van der Waals surface area contributed by atoms with Gasteiger partial charge in [-0.2, -0.15) is 0 Å². The Hall–Kier alpha value is -1.58. The predicted octanol–water partition coefficient (Wildman–Crippen LogP) is 3.73. The van der Waals surface area contributed by atoms with Crippen LogP contribution in [-0.2, 0) is 11.3 Å². The molecule has 3 nitrogen and oxygen atoms in total. The lowest BCUT2D eigenvalue weighted by atomic mass is 9.99. The van der Waals surface area contributed by atoms with Gasteiger partial charge in [0.1, 0.15) is 5.15 Å². The highest BCUT2D eigenvalue weighted by molar-refractivity contribution is 6.30. The Morgan fingerprint density at radius 3 is 3.05 bits per heavy atom. The first kappa shape index (κ1) is 12.5. The van der Waals surface area contributed by atoms with Gasteiger partial charge in [-0.05, 0) is 29.7 Å². The number of hydrogen-bond donors (Lipinski definition) is 1. The van der Waals surface area contributed by atoms with Gasteiger partial charge in [0.15, 0.2) is 0 Å². The lowest BCUT2D eigenvalue weighted by Crippen LogP contribution is -2.23. The summed E-state index contributed by atoms with van der Waals surface area (Å²) in [5.41, 5.74) is 4.47. The summed E-state index contributed by atoms with van der Waals surface area (Å²) in [6, 6.07) is 10.5. The number of pyridine rings is 1. The van der Waals surface area contributed by atoms with Crippen LogP contribution < -0.4 is 5.32 Å². The average Bonchev–Trinajstić information content (AvgIpc) is 2.43. The minimum absolute atomic E-state index is 0.160. The molecule has 1 aliphatic heterocycles. The molecule has 4 heteroatoms. The molecule has 3 rings (SSSR count). The molecule has 0 radical (unpaired) electrons. The normalized spacial score (nSPS) is 17.9. The van der Waals surface area contributed by atoms with Crippen molar-refractivity contribution in [2.24, 2.45) is 0 Å². The molecule has 1 aromatic heterocycles. The van der Waals surface area contributed by atoms with E-state index in [1.165, 1.54) is 11.1 Å². The second-order valence-corrected chi connectivity index (χ2v) is 5.10. The molecule has 0 aliphatic carbocycles. The van der Waals surface area contributed by atoms with E-state index >= 15 is 0 Å². The lowest BCUT2D eigenvalue weighted by Gasteiger charge is -2.27. The van der Waals surface area contributed by atoms with Gasteiger partial charge in [0.25, 0.3) is 0 Å². The highest BCUT2D eigenvalue weighted by Crippen LogP contribution is 2.28.